The monoisotopic (exact) mass is 388 g/mol. The first-order chi connectivity index (χ1) is 6.87. The van der Waals surface area contributed by atoms with Crippen LogP contribution in [0.5, 0.6) is 5.75 Å². The molecule has 0 unspecified atom stereocenters. The molecule has 0 N–H and O–H groups in total. The van der Waals surface area contributed by atoms with Crippen molar-refractivity contribution in [1.82, 2.24) is 0 Å². The van der Waals surface area contributed by atoms with Crippen LogP contribution in [0.3, 0.4) is 0 Å². The molecule has 0 aromatic heterocycles. The van der Waals surface area contributed by atoms with Crippen molar-refractivity contribution in [3.8, 4) is 5.75 Å². The number of halogens is 3. The molecule has 0 fully saturated rings. The van der Waals surface area contributed by atoms with Crippen LogP contribution in [0.15, 0.2) is 24.3 Å². The molecule has 18 heavy (non-hydrogen) atoms. The zero-order valence-corrected chi connectivity index (χ0v) is 14.9. The fourth-order valence-corrected chi connectivity index (χ4v) is 1.30. The van der Waals surface area contributed by atoms with Gasteiger partial charge in [-0.1, -0.05) is 0 Å². The molecular weight excluding hydrogens is 378 g/mol. The Kier molecular flexibility index (Phi) is 13.1. The van der Waals surface area contributed by atoms with Gasteiger partial charge >= 0.3 is 105 Å². The SMILES string of the molecule is CC(C)(C)OC(=O)Oc1cc[c]([Zr+3])cc1.[Cl-].[Cl-].[Cl-]. The van der Waals surface area contributed by atoms with Crippen molar-refractivity contribution in [2.24, 2.45) is 0 Å². The zero-order chi connectivity index (χ0) is 11.5. The Labute approximate surface area is 141 Å². The van der Waals surface area contributed by atoms with E-state index in [1.54, 1.807) is 32.9 Å². The molecule has 0 bridgehead atoms. The number of benzene rings is 1. The van der Waals surface area contributed by atoms with Gasteiger partial charge in [-0.15, -0.1) is 0 Å². The molecule has 0 spiro atoms. The maximum absolute atomic E-state index is 11.3. The minimum atomic E-state index is -0.667. The van der Waals surface area contributed by atoms with Crippen molar-refractivity contribution < 1.29 is 76.2 Å². The average Bonchev–Trinajstić information content (AvgIpc) is 2.05. The molecule has 0 heterocycles. The van der Waals surface area contributed by atoms with Crippen LogP contribution in [0.1, 0.15) is 20.8 Å². The van der Waals surface area contributed by atoms with Crippen molar-refractivity contribution in [3.05, 3.63) is 24.3 Å². The quantitative estimate of drug-likeness (QED) is 0.353. The molecule has 1 aromatic rings. The second kappa shape index (κ2) is 10.1. The van der Waals surface area contributed by atoms with Crippen molar-refractivity contribution in [1.29, 1.82) is 0 Å². The van der Waals surface area contributed by atoms with Crippen LogP contribution < -0.4 is 45.2 Å². The summed E-state index contributed by atoms with van der Waals surface area (Å²) in [6, 6.07) is 7.35. The molecule has 0 saturated carbocycles. The third-order valence-corrected chi connectivity index (χ3v) is 2.26. The Morgan fingerprint density at radius 2 is 1.50 bits per heavy atom. The van der Waals surface area contributed by atoms with E-state index in [4.69, 9.17) is 9.47 Å². The summed E-state index contributed by atoms with van der Waals surface area (Å²) in [5.41, 5.74) is -0.522. The summed E-state index contributed by atoms with van der Waals surface area (Å²) in [4.78, 5) is 11.3. The van der Waals surface area contributed by atoms with Gasteiger partial charge in [-0.05, 0) is 0 Å². The molecule has 7 heteroatoms. The van der Waals surface area contributed by atoms with E-state index in [2.05, 4.69) is 0 Å². The Balaban J connectivity index is -0.000000750. The third-order valence-electron chi connectivity index (χ3n) is 1.45. The van der Waals surface area contributed by atoms with Gasteiger partial charge in [-0.25, -0.2) is 0 Å². The van der Waals surface area contributed by atoms with Crippen molar-refractivity contribution in [3.63, 3.8) is 0 Å². The molecule has 1 aromatic carbocycles. The minimum Gasteiger partial charge on any atom is -1.00 e. The Morgan fingerprint density at radius 1 is 1.06 bits per heavy atom. The van der Waals surface area contributed by atoms with Crippen molar-refractivity contribution in [2.45, 2.75) is 26.4 Å². The summed E-state index contributed by atoms with van der Waals surface area (Å²) in [5, 5.41) is 0. The van der Waals surface area contributed by atoms with E-state index in [1.165, 1.54) is 28.0 Å². The summed E-state index contributed by atoms with van der Waals surface area (Å²) in [6.07, 6.45) is -0.667. The molecule has 0 aliphatic heterocycles. The van der Waals surface area contributed by atoms with E-state index < -0.39 is 11.8 Å². The van der Waals surface area contributed by atoms with Gasteiger partial charge in [0.1, 0.15) is 0 Å². The van der Waals surface area contributed by atoms with E-state index in [0.29, 0.717) is 5.75 Å². The van der Waals surface area contributed by atoms with Crippen LogP contribution in [0.2, 0.25) is 0 Å². The summed E-state index contributed by atoms with van der Waals surface area (Å²) in [7, 11) is 0. The van der Waals surface area contributed by atoms with Gasteiger partial charge in [0.15, 0.2) is 0 Å². The standard InChI is InChI=1S/C11H13O3.3ClH.Zr/c1-11(2,3)14-10(12)13-9-7-5-4-6-8-9;;;;/h5-8H,1-3H3;3*1H;/q;;;;+3/p-3. The number of carbonyl (C=O) groups excluding carboxylic acids is 1. The molecule has 0 aliphatic carbocycles. The number of rotatable bonds is 1. The predicted octanol–water partition coefficient (Wildman–Crippen LogP) is -6.82. The van der Waals surface area contributed by atoms with Crippen LogP contribution in [-0.4, -0.2) is 11.8 Å². The minimum absolute atomic E-state index is 0. The van der Waals surface area contributed by atoms with Crippen molar-refractivity contribution >= 4 is 9.43 Å². The number of hydrogen-bond donors (Lipinski definition) is 0. The van der Waals surface area contributed by atoms with E-state index in [-0.39, 0.29) is 37.2 Å². The maximum Gasteiger partial charge on any atom is -1.00 e. The van der Waals surface area contributed by atoms with E-state index in [0.717, 1.165) is 0 Å². The van der Waals surface area contributed by atoms with Crippen molar-refractivity contribution in [2.75, 3.05) is 0 Å². The number of ether oxygens (including phenoxy) is 2. The Hall–Kier alpha value is 0.243. The molecule has 100 valence electrons. The molecule has 0 amide bonds. The summed E-state index contributed by atoms with van der Waals surface area (Å²) >= 11 is 1.34. The molecule has 3 nitrogen and oxygen atoms in total. The van der Waals surface area contributed by atoms with Crippen LogP contribution in [0.25, 0.3) is 0 Å². The second-order valence-corrected chi connectivity index (χ2v) is 5.51. The van der Waals surface area contributed by atoms with E-state index in [1.807, 2.05) is 12.1 Å². The first kappa shape index (κ1) is 23.3. The second-order valence-electron chi connectivity index (χ2n) is 4.09. The molecule has 1 rings (SSSR count). The average molecular weight is 391 g/mol. The maximum atomic E-state index is 11.3. The molecular formula is C11H13Cl3O3Zr. The van der Waals surface area contributed by atoms with Gasteiger partial charge in [0.05, 0.1) is 0 Å². The van der Waals surface area contributed by atoms with Crippen LogP contribution in [-0.2, 0) is 29.5 Å². The molecule has 0 atom stereocenters. The Morgan fingerprint density at radius 3 is 1.89 bits per heavy atom. The smallest absolute Gasteiger partial charge is 1.00 e. The zero-order valence-electron chi connectivity index (χ0n) is 10.2. The van der Waals surface area contributed by atoms with Crippen LogP contribution in [0, 0.1) is 0 Å². The summed E-state index contributed by atoms with van der Waals surface area (Å²) < 4.78 is 11.2. The third kappa shape index (κ3) is 10.2. The van der Waals surface area contributed by atoms with Crippen LogP contribution in [0.4, 0.5) is 4.79 Å². The summed E-state index contributed by atoms with van der Waals surface area (Å²) in [5.74, 6) is 0.510. The van der Waals surface area contributed by atoms with Crippen LogP contribution >= 0.6 is 0 Å². The first-order valence-electron chi connectivity index (χ1n) is 4.59. The Bertz CT molecular complexity index is 350. The first-order valence-corrected chi connectivity index (χ1v) is 5.82. The number of carbonyl (C=O) groups is 1. The molecule has 0 saturated heterocycles. The van der Waals surface area contributed by atoms with Gasteiger partial charge in [0.25, 0.3) is 0 Å². The van der Waals surface area contributed by atoms with Gasteiger partial charge in [0, 0.05) is 0 Å². The van der Waals surface area contributed by atoms with Gasteiger partial charge < -0.3 is 37.2 Å². The van der Waals surface area contributed by atoms with Gasteiger partial charge in [-0.2, -0.15) is 0 Å². The normalized spacial score (nSPS) is 9.17. The van der Waals surface area contributed by atoms with Gasteiger partial charge in [-0.3, -0.25) is 0 Å². The fraction of sp³-hybridized carbons (Fsp3) is 0.364. The topological polar surface area (TPSA) is 35.5 Å². The largest absolute Gasteiger partial charge is 1.00 e. The van der Waals surface area contributed by atoms with Gasteiger partial charge in [0.2, 0.25) is 0 Å². The van der Waals surface area contributed by atoms with E-state index in [9.17, 15) is 4.79 Å². The number of hydrogen-bond acceptors (Lipinski definition) is 3. The molecule has 0 aliphatic rings. The van der Waals surface area contributed by atoms with E-state index >= 15 is 0 Å². The fourth-order valence-electron chi connectivity index (χ4n) is 0.890. The predicted molar refractivity (Wildman–Crippen MR) is 52.9 cm³/mol. The summed E-state index contributed by atoms with van der Waals surface area (Å²) in [6.45, 7) is 5.40. The molecule has 0 radical (unpaired) electrons.